The van der Waals surface area contributed by atoms with Crippen molar-refractivity contribution < 1.29 is 39.2 Å². The third kappa shape index (κ3) is 4.55. The van der Waals surface area contributed by atoms with Crippen LogP contribution in [-0.4, -0.2) is 70.0 Å². The molecule has 4 saturated carbocycles. The Morgan fingerprint density at radius 2 is 1.52 bits per heavy atom. The van der Waals surface area contributed by atoms with Crippen LogP contribution in [0.4, 0.5) is 0 Å². The number of rotatable bonds is 4. The molecule has 0 radical (unpaired) electrons. The van der Waals surface area contributed by atoms with Crippen LogP contribution in [0.25, 0.3) is 0 Å². The molecular formula is C38H58O8. The normalized spacial score (nSPS) is 49.4. The molecule has 0 spiro atoms. The van der Waals surface area contributed by atoms with Crippen LogP contribution < -0.4 is 0 Å². The predicted octanol–water partition coefficient (Wildman–Crippen LogP) is 5.34. The lowest BCUT2D eigenvalue weighted by Crippen LogP contribution is -2.67. The molecule has 0 aromatic carbocycles. The molecule has 258 valence electrons. The number of ketones is 2. The first kappa shape index (κ1) is 34.3. The molecule has 46 heavy (non-hydrogen) atoms. The molecule has 5 fully saturated rings. The number of aliphatic hydroxyl groups is 3. The Bertz CT molecular complexity index is 1320. The lowest BCUT2D eigenvalue weighted by Gasteiger charge is -2.70. The third-order valence-electron chi connectivity index (χ3n) is 15.3. The van der Waals surface area contributed by atoms with E-state index >= 15 is 0 Å². The minimum Gasteiger partial charge on any atom is -0.464 e. The van der Waals surface area contributed by atoms with Crippen LogP contribution in [0.15, 0.2) is 11.6 Å². The molecule has 5 aliphatic carbocycles. The average molecular weight is 643 g/mol. The van der Waals surface area contributed by atoms with Crippen LogP contribution in [0.3, 0.4) is 0 Å². The van der Waals surface area contributed by atoms with Crippen LogP contribution >= 0.6 is 0 Å². The van der Waals surface area contributed by atoms with Crippen molar-refractivity contribution in [2.75, 3.05) is 6.61 Å². The van der Waals surface area contributed by atoms with E-state index in [0.29, 0.717) is 36.9 Å². The first-order chi connectivity index (χ1) is 21.3. The molecule has 3 N–H and O–H groups in total. The van der Waals surface area contributed by atoms with Gasteiger partial charge in [-0.05, 0) is 104 Å². The SMILES string of the molecule is CCOC(=O)C1O[C@@H](C(=O)[C@]23CCC(C)(C)CC2C2=CCC4[C@@]5(C)CCC(=O)C(C)(C)C5CC[C@@]4(C)[C@]2(C)CC3)C(O)[C@@H](O)[C@@H]1O. The molecule has 8 nitrogen and oxygen atoms in total. The minimum absolute atomic E-state index is 0.00572. The quantitative estimate of drug-likeness (QED) is 0.277. The standard InChI is InChI=1S/C38H58O8/c1-9-45-32(44)30-28(42)26(40)27(41)29(46-30)31(43)38-18-16-33(2,3)20-22(38)21-10-11-24-35(6)14-13-25(39)34(4,5)23(35)12-15-37(24,8)36(21,7)17-19-38/h10,22-24,26-30,40-42H,9,11-20H2,1-8H3/t22?,23?,24?,26-,27?,28+,29-,30?,35+,36-,37-,38+/m1/s1. The van der Waals surface area contributed by atoms with Crippen LogP contribution in [0.2, 0.25) is 0 Å². The maximum Gasteiger partial charge on any atom is 0.338 e. The van der Waals surface area contributed by atoms with E-state index in [1.807, 2.05) is 0 Å². The zero-order valence-corrected chi connectivity index (χ0v) is 29.4. The molecule has 0 bridgehead atoms. The molecule has 0 aromatic heterocycles. The van der Waals surface area contributed by atoms with Crippen molar-refractivity contribution in [1.82, 2.24) is 0 Å². The first-order valence-electron chi connectivity index (χ1n) is 18.0. The van der Waals surface area contributed by atoms with Crippen molar-refractivity contribution in [2.45, 2.75) is 150 Å². The first-order valence-corrected chi connectivity index (χ1v) is 18.0. The minimum atomic E-state index is -1.71. The van der Waals surface area contributed by atoms with E-state index in [0.717, 1.165) is 44.9 Å². The highest BCUT2D eigenvalue weighted by molar-refractivity contribution is 5.91. The van der Waals surface area contributed by atoms with Crippen molar-refractivity contribution in [3.63, 3.8) is 0 Å². The smallest absolute Gasteiger partial charge is 0.338 e. The lowest BCUT2D eigenvalue weighted by atomic mass is 9.33. The Hall–Kier alpha value is -1.61. The van der Waals surface area contributed by atoms with E-state index in [2.05, 4.69) is 54.5 Å². The summed E-state index contributed by atoms with van der Waals surface area (Å²) in [7, 11) is 0. The number of esters is 1. The fourth-order valence-corrected chi connectivity index (χ4v) is 12.3. The Morgan fingerprint density at radius 1 is 0.870 bits per heavy atom. The largest absolute Gasteiger partial charge is 0.464 e. The lowest BCUT2D eigenvalue weighted by molar-refractivity contribution is -0.233. The second-order valence-electron chi connectivity index (χ2n) is 18.1. The maximum atomic E-state index is 14.9. The van der Waals surface area contributed by atoms with Gasteiger partial charge in [-0.2, -0.15) is 0 Å². The average Bonchev–Trinajstić information content (AvgIpc) is 2.98. The maximum absolute atomic E-state index is 14.9. The Balaban J connectivity index is 1.39. The highest BCUT2D eigenvalue weighted by Gasteiger charge is 2.70. The summed E-state index contributed by atoms with van der Waals surface area (Å²) >= 11 is 0. The van der Waals surface area contributed by atoms with Gasteiger partial charge in [0.05, 0.1) is 6.61 Å². The molecule has 1 saturated heterocycles. The summed E-state index contributed by atoms with van der Waals surface area (Å²) in [5.41, 5.74) is 0.180. The molecule has 0 amide bonds. The summed E-state index contributed by atoms with van der Waals surface area (Å²) in [6.07, 6.45) is 2.80. The third-order valence-corrected chi connectivity index (χ3v) is 15.3. The number of hydrogen-bond acceptors (Lipinski definition) is 8. The van der Waals surface area contributed by atoms with Crippen molar-refractivity contribution in [2.24, 2.45) is 50.2 Å². The zero-order chi connectivity index (χ0) is 33.8. The van der Waals surface area contributed by atoms with E-state index in [9.17, 15) is 29.7 Å². The van der Waals surface area contributed by atoms with E-state index in [-0.39, 0.29) is 45.4 Å². The van der Waals surface area contributed by atoms with Crippen molar-refractivity contribution in [1.29, 1.82) is 0 Å². The summed E-state index contributed by atoms with van der Waals surface area (Å²) in [5, 5.41) is 32.6. The summed E-state index contributed by atoms with van der Waals surface area (Å²) in [6, 6.07) is 0. The van der Waals surface area contributed by atoms with E-state index in [4.69, 9.17) is 9.47 Å². The fourth-order valence-electron chi connectivity index (χ4n) is 12.3. The molecule has 6 rings (SSSR count). The van der Waals surface area contributed by atoms with E-state index in [1.165, 1.54) is 5.57 Å². The topological polar surface area (TPSA) is 130 Å². The highest BCUT2D eigenvalue weighted by Crippen LogP contribution is 2.75. The van der Waals surface area contributed by atoms with Crippen LogP contribution in [0.1, 0.15) is 120 Å². The number of carbonyl (C=O) groups excluding carboxylic acids is 3. The van der Waals surface area contributed by atoms with Gasteiger partial charge >= 0.3 is 5.97 Å². The molecule has 0 aromatic rings. The van der Waals surface area contributed by atoms with Gasteiger partial charge in [0.15, 0.2) is 11.9 Å². The summed E-state index contributed by atoms with van der Waals surface area (Å²) in [4.78, 5) is 40.7. The number of carbonyl (C=O) groups is 3. The van der Waals surface area contributed by atoms with Gasteiger partial charge in [0.25, 0.3) is 0 Å². The van der Waals surface area contributed by atoms with Gasteiger partial charge in [-0.15, -0.1) is 0 Å². The van der Waals surface area contributed by atoms with Crippen LogP contribution in [-0.2, 0) is 23.9 Å². The van der Waals surface area contributed by atoms with E-state index < -0.39 is 41.9 Å². The summed E-state index contributed by atoms with van der Waals surface area (Å²) in [5.74, 6) is 0.0202. The Labute approximate surface area is 275 Å². The molecule has 8 heteroatoms. The fraction of sp³-hybridized carbons (Fsp3) is 0.868. The van der Waals surface area contributed by atoms with Crippen molar-refractivity contribution >= 4 is 17.5 Å². The molecule has 1 heterocycles. The number of ether oxygens (including phenoxy) is 2. The molecule has 6 aliphatic rings. The van der Waals surface area contributed by atoms with Crippen molar-refractivity contribution in [3.05, 3.63) is 11.6 Å². The van der Waals surface area contributed by atoms with Gasteiger partial charge in [-0.1, -0.05) is 60.1 Å². The van der Waals surface area contributed by atoms with Gasteiger partial charge in [0.2, 0.25) is 0 Å². The second-order valence-corrected chi connectivity index (χ2v) is 18.1. The van der Waals surface area contributed by atoms with Gasteiger partial charge in [-0.3, -0.25) is 9.59 Å². The van der Waals surface area contributed by atoms with E-state index in [1.54, 1.807) is 6.92 Å². The monoisotopic (exact) mass is 642 g/mol. The summed E-state index contributed by atoms with van der Waals surface area (Å²) < 4.78 is 11.0. The molecular weight excluding hydrogens is 584 g/mol. The number of hydrogen-bond donors (Lipinski definition) is 3. The Morgan fingerprint density at radius 3 is 2.20 bits per heavy atom. The number of allylic oxidation sites excluding steroid dienone is 2. The van der Waals surface area contributed by atoms with Gasteiger partial charge in [0, 0.05) is 17.3 Å². The zero-order valence-electron chi connectivity index (χ0n) is 29.4. The number of Topliss-reactive ketones (excluding diaryl/α,β-unsaturated/α-hetero) is 2. The van der Waals surface area contributed by atoms with Crippen LogP contribution in [0.5, 0.6) is 0 Å². The molecule has 5 unspecified atom stereocenters. The highest BCUT2D eigenvalue weighted by atomic mass is 16.6. The molecule has 12 atom stereocenters. The van der Waals surface area contributed by atoms with Crippen LogP contribution in [0, 0.1) is 50.2 Å². The van der Waals surface area contributed by atoms with Gasteiger partial charge in [0.1, 0.15) is 30.2 Å². The summed E-state index contributed by atoms with van der Waals surface area (Å²) in [6.45, 7) is 18.0. The van der Waals surface area contributed by atoms with Gasteiger partial charge < -0.3 is 24.8 Å². The second kappa shape index (κ2) is 10.9. The predicted molar refractivity (Wildman–Crippen MR) is 172 cm³/mol. The number of aliphatic hydroxyl groups excluding tert-OH is 3. The van der Waals surface area contributed by atoms with Crippen molar-refractivity contribution in [3.8, 4) is 0 Å². The Kier molecular flexibility index (Phi) is 8.15. The number of fused-ring (bicyclic) bond motifs is 7. The van der Waals surface area contributed by atoms with Gasteiger partial charge in [-0.25, -0.2) is 4.79 Å². The molecule has 1 aliphatic heterocycles.